The fraction of sp³-hybridized carbons (Fsp3) is 0.143. The Balaban J connectivity index is 1.17. The van der Waals surface area contributed by atoms with E-state index in [1.165, 1.54) is 147 Å². The second-order valence-electron chi connectivity index (χ2n) is 19.1. The molecule has 306 valence electrons. The van der Waals surface area contributed by atoms with Crippen LogP contribution in [0, 0.1) is 6.92 Å². The molecule has 0 amide bonds. The summed E-state index contributed by atoms with van der Waals surface area (Å²) in [5.74, 6) is 0. The van der Waals surface area contributed by atoms with Crippen LogP contribution in [0.15, 0.2) is 194 Å². The lowest BCUT2D eigenvalue weighted by Crippen LogP contribution is -2.54. The van der Waals surface area contributed by atoms with Crippen LogP contribution in [-0.2, 0) is 5.41 Å². The maximum absolute atomic E-state index is 2.71. The van der Waals surface area contributed by atoms with Gasteiger partial charge in [0.25, 0.3) is 0 Å². The van der Waals surface area contributed by atoms with E-state index < -0.39 is 0 Å². The Morgan fingerprint density at radius 1 is 0.391 bits per heavy atom. The van der Waals surface area contributed by atoms with Crippen LogP contribution in [0.4, 0.5) is 11.4 Å². The van der Waals surface area contributed by atoms with E-state index in [2.05, 4.69) is 220 Å². The maximum atomic E-state index is 2.71. The molecule has 1 fully saturated rings. The van der Waals surface area contributed by atoms with Gasteiger partial charge in [-0.1, -0.05) is 177 Å². The molecule has 64 heavy (non-hydrogen) atoms. The number of para-hydroxylation sites is 1. The highest BCUT2D eigenvalue weighted by atomic mass is 15.3. The van der Waals surface area contributed by atoms with Gasteiger partial charge in [0.1, 0.15) is 0 Å². The molecule has 1 saturated carbocycles. The molecule has 0 saturated heterocycles. The first-order valence-corrected chi connectivity index (χ1v) is 23.2. The standard InChI is InChI=1S/C63H49N/c1-40-36-59-58(62(2)34-14-15-35-63(62,3)64(59)44-24-8-5-9-25-44)39-53(40)57-38-56(48-29-17-23-42-21-11-13-27-46(42)48)51-31-30-49-54(43-18-6-4-7-19-43)37-55(50-32-33-52(57)61(51)60(49)50)47-28-16-22-41-20-10-12-26-45(41)47/h4-13,16-33,36-39H,14-15,34-35H2,1-3H3. The molecule has 11 aromatic carbocycles. The first-order chi connectivity index (χ1) is 31.4. The van der Waals surface area contributed by atoms with Crippen LogP contribution in [-0.4, -0.2) is 5.54 Å². The van der Waals surface area contributed by atoms with Crippen molar-refractivity contribution < 1.29 is 0 Å². The zero-order chi connectivity index (χ0) is 42.7. The number of rotatable bonds is 5. The molecule has 2 aliphatic rings. The minimum absolute atomic E-state index is 0.000926. The molecule has 0 bridgehead atoms. The second-order valence-corrected chi connectivity index (χ2v) is 19.1. The van der Waals surface area contributed by atoms with E-state index in [0.717, 1.165) is 0 Å². The van der Waals surface area contributed by atoms with Gasteiger partial charge in [-0.25, -0.2) is 0 Å². The third kappa shape index (κ3) is 5.19. The number of aryl methyl sites for hydroxylation is 1. The van der Waals surface area contributed by atoms with Crippen LogP contribution in [0.2, 0.25) is 0 Å². The molecule has 0 radical (unpaired) electrons. The van der Waals surface area contributed by atoms with E-state index >= 15 is 0 Å². The van der Waals surface area contributed by atoms with Gasteiger partial charge >= 0.3 is 0 Å². The highest BCUT2D eigenvalue weighted by Gasteiger charge is 2.57. The average molecular weight is 820 g/mol. The predicted octanol–water partition coefficient (Wildman–Crippen LogP) is 17.6. The van der Waals surface area contributed by atoms with E-state index in [4.69, 9.17) is 0 Å². The minimum atomic E-state index is -0.0252. The van der Waals surface area contributed by atoms with E-state index in [1.807, 2.05) is 0 Å². The molecule has 0 N–H and O–H groups in total. The normalized spacial score (nSPS) is 18.4. The lowest BCUT2D eigenvalue weighted by Gasteiger charge is -2.50. The molecule has 1 heterocycles. The van der Waals surface area contributed by atoms with Crippen molar-refractivity contribution in [1.29, 1.82) is 0 Å². The van der Waals surface area contributed by atoms with Crippen LogP contribution >= 0.6 is 0 Å². The molecule has 1 heteroatoms. The van der Waals surface area contributed by atoms with E-state index in [1.54, 1.807) is 0 Å². The Kier molecular flexibility index (Phi) is 8.10. The van der Waals surface area contributed by atoms with Crippen LogP contribution in [0.3, 0.4) is 0 Å². The molecular weight excluding hydrogens is 771 g/mol. The van der Waals surface area contributed by atoms with Crippen LogP contribution in [0.25, 0.3) is 98.4 Å². The van der Waals surface area contributed by atoms with Gasteiger partial charge in [-0.05, 0) is 173 Å². The molecular formula is C63H49N. The molecule has 1 aliphatic carbocycles. The first-order valence-electron chi connectivity index (χ1n) is 23.2. The lowest BCUT2D eigenvalue weighted by molar-refractivity contribution is 0.195. The van der Waals surface area contributed by atoms with Crippen LogP contribution in [0.1, 0.15) is 50.7 Å². The van der Waals surface area contributed by atoms with Crippen LogP contribution < -0.4 is 4.90 Å². The van der Waals surface area contributed by atoms with E-state index in [0.29, 0.717) is 0 Å². The summed E-state index contributed by atoms with van der Waals surface area (Å²) in [4.78, 5) is 2.71. The summed E-state index contributed by atoms with van der Waals surface area (Å²) in [5.41, 5.74) is 15.7. The van der Waals surface area contributed by atoms with Crippen molar-refractivity contribution >= 4 is 65.2 Å². The van der Waals surface area contributed by atoms with Gasteiger partial charge < -0.3 is 4.90 Å². The zero-order valence-corrected chi connectivity index (χ0v) is 36.8. The summed E-state index contributed by atoms with van der Waals surface area (Å²) in [6, 6.07) is 73.5. The van der Waals surface area contributed by atoms with Gasteiger partial charge in [-0.15, -0.1) is 0 Å². The summed E-state index contributed by atoms with van der Waals surface area (Å²) in [6.45, 7) is 7.46. The summed E-state index contributed by atoms with van der Waals surface area (Å²) in [5, 5.41) is 12.9. The number of nitrogens with zero attached hydrogens (tertiary/aromatic N) is 1. The molecule has 2 atom stereocenters. The maximum Gasteiger partial charge on any atom is 0.0517 e. The van der Waals surface area contributed by atoms with Crippen molar-refractivity contribution in [1.82, 2.24) is 0 Å². The monoisotopic (exact) mass is 819 g/mol. The lowest BCUT2D eigenvalue weighted by atomic mass is 9.61. The minimum Gasteiger partial charge on any atom is -0.334 e. The third-order valence-electron chi connectivity index (χ3n) is 15.9. The Morgan fingerprint density at radius 2 is 0.875 bits per heavy atom. The van der Waals surface area contributed by atoms with E-state index in [9.17, 15) is 0 Å². The summed E-state index contributed by atoms with van der Waals surface area (Å²) < 4.78 is 0. The Bertz CT molecular complexity index is 3650. The highest BCUT2D eigenvalue weighted by Crippen LogP contribution is 2.62. The van der Waals surface area contributed by atoms with Crippen LogP contribution in [0.5, 0.6) is 0 Å². The quantitative estimate of drug-likeness (QED) is 0.156. The number of benzene rings is 11. The smallest absolute Gasteiger partial charge is 0.0517 e. The van der Waals surface area contributed by atoms with Crippen molar-refractivity contribution in [3.8, 4) is 44.5 Å². The van der Waals surface area contributed by atoms with Gasteiger partial charge in [-0.2, -0.15) is 0 Å². The van der Waals surface area contributed by atoms with E-state index in [-0.39, 0.29) is 11.0 Å². The van der Waals surface area contributed by atoms with Gasteiger partial charge in [0.15, 0.2) is 0 Å². The van der Waals surface area contributed by atoms with Gasteiger partial charge in [0.05, 0.1) is 5.54 Å². The Hall–Kier alpha value is -7.22. The Morgan fingerprint density at radius 3 is 1.48 bits per heavy atom. The number of fused-ring (bicyclic) bond motifs is 5. The third-order valence-corrected chi connectivity index (χ3v) is 15.9. The Labute approximate surface area is 375 Å². The molecule has 0 spiro atoms. The summed E-state index contributed by atoms with van der Waals surface area (Å²) in [7, 11) is 0. The molecule has 11 aromatic rings. The second kappa shape index (κ2) is 13.9. The fourth-order valence-corrected chi connectivity index (χ4v) is 12.6. The van der Waals surface area contributed by atoms with Gasteiger partial charge in [0.2, 0.25) is 0 Å². The number of hydrogen-bond acceptors (Lipinski definition) is 1. The summed E-state index contributed by atoms with van der Waals surface area (Å²) in [6.07, 6.45) is 4.87. The predicted molar refractivity (Wildman–Crippen MR) is 274 cm³/mol. The molecule has 13 rings (SSSR count). The van der Waals surface area contributed by atoms with Crippen molar-refractivity contribution in [2.75, 3.05) is 4.90 Å². The largest absolute Gasteiger partial charge is 0.334 e. The first kappa shape index (κ1) is 37.3. The van der Waals surface area contributed by atoms with Crippen molar-refractivity contribution in [3.63, 3.8) is 0 Å². The number of anilines is 2. The van der Waals surface area contributed by atoms with Crippen molar-refractivity contribution in [2.24, 2.45) is 0 Å². The summed E-state index contributed by atoms with van der Waals surface area (Å²) >= 11 is 0. The van der Waals surface area contributed by atoms with Crippen molar-refractivity contribution in [2.45, 2.75) is 57.4 Å². The highest BCUT2D eigenvalue weighted by molar-refractivity contribution is 6.33. The zero-order valence-electron chi connectivity index (χ0n) is 36.8. The molecule has 0 aromatic heterocycles. The fourth-order valence-electron chi connectivity index (χ4n) is 12.6. The molecule has 2 unspecified atom stereocenters. The number of hydrogen-bond donors (Lipinski definition) is 0. The molecule has 1 nitrogen and oxygen atoms in total. The average Bonchev–Trinajstić information content (AvgIpc) is 3.54. The van der Waals surface area contributed by atoms with Crippen molar-refractivity contribution in [3.05, 3.63) is 205 Å². The van der Waals surface area contributed by atoms with Gasteiger partial charge in [-0.3, -0.25) is 0 Å². The van der Waals surface area contributed by atoms with Gasteiger partial charge in [0, 0.05) is 16.8 Å². The topological polar surface area (TPSA) is 3.24 Å². The molecule has 1 aliphatic heterocycles. The SMILES string of the molecule is Cc1cc2c(cc1-c1cc(-c3cccc4ccccc34)c3ccc4c(-c5ccccc5)cc(-c5cccc6ccccc56)c5ccc1c3c45)C1(C)CCCCC1(C)N2c1ccccc1.